The predicted octanol–water partition coefficient (Wildman–Crippen LogP) is 3.08. The van der Waals surface area contributed by atoms with Gasteiger partial charge >= 0.3 is 0 Å². The molecule has 1 aromatic carbocycles. The van der Waals surface area contributed by atoms with Crippen molar-refractivity contribution in [1.82, 2.24) is 14.8 Å². The minimum Gasteiger partial charge on any atom is -0.496 e. The summed E-state index contributed by atoms with van der Waals surface area (Å²) in [6.07, 6.45) is 6.97. The molecule has 128 valence electrons. The number of nitrogens with zero attached hydrogens (tertiary/aromatic N) is 3. The molecular weight excluding hydrogens is 302 g/mol. The summed E-state index contributed by atoms with van der Waals surface area (Å²) in [5.74, 6) is 2.93. The predicted molar refractivity (Wildman–Crippen MR) is 93.2 cm³/mol. The maximum absolute atomic E-state index is 10.2. The Hall–Kier alpha value is -2.14. The first-order valence-electron chi connectivity index (χ1n) is 8.39. The molecule has 0 atom stereocenters. The number of hydrogen-bond donors (Lipinski definition) is 1. The Morgan fingerprint density at radius 1 is 1.25 bits per heavy atom. The number of methoxy groups -OCH3 is 1. The number of ether oxygens (including phenoxy) is 1. The molecule has 0 saturated carbocycles. The summed E-state index contributed by atoms with van der Waals surface area (Å²) in [4.78, 5) is 4.79. The van der Waals surface area contributed by atoms with Crippen molar-refractivity contribution in [3.63, 3.8) is 0 Å². The van der Waals surface area contributed by atoms with Crippen LogP contribution in [0.1, 0.15) is 49.8 Å². The highest BCUT2D eigenvalue weighted by Gasteiger charge is 2.24. The maximum atomic E-state index is 10.2. The van der Waals surface area contributed by atoms with E-state index in [0.717, 1.165) is 35.8 Å². The number of rotatable bonds is 6. The van der Waals surface area contributed by atoms with Gasteiger partial charge in [-0.25, -0.2) is 9.67 Å². The molecule has 0 saturated heterocycles. The van der Waals surface area contributed by atoms with Crippen molar-refractivity contribution < 1.29 is 9.84 Å². The van der Waals surface area contributed by atoms with Crippen LogP contribution in [-0.2, 0) is 13.0 Å². The largest absolute Gasteiger partial charge is 0.496 e. The number of aliphatic hydroxyl groups is 1. The van der Waals surface area contributed by atoms with Crippen LogP contribution in [0.3, 0.4) is 0 Å². The van der Waals surface area contributed by atoms with E-state index < -0.39 is 5.60 Å². The SMILES string of the molecule is COc1ccccc1Cc1nc(C2CC=CC2)n(CC(C)(C)O)n1. The van der Waals surface area contributed by atoms with Crippen molar-refractivity contribution >= 4 is 0 Å². The van der Waals surface area contributed by atoms with Crippen molar-refractivity contribution in [2.75, 3.05) is 7.11 Å². The third kappa shape index (κ3) is 3.85. The quantitative estimate of drug-likeness (QED) is 0.828. The molecule has 1 aromatic heterocycles. The van der Waals surface area contributed by atoms with E-state index in [0.29, 0.717) is 18.9 Å². The van der Waals surface area contributed by atoms with Crippen molar-refractivity contribution in [3.05, 3.63) is 53.6 Å². The molecular formula is C19H25N3O2. The summed E-state index contributed by atoms with van der Waals surface area (Å²) in [6, 6.07) is 7.93. The molecule has 1 heterocycles. The second-order valence-corrected chi connectivity index (χ2v) is 6.98. The summed E-state index contributed by atoms with van der Waals surface area (Å²) in [5, 5.41) is 14.9. The maximum Gasteiger partial charge on any atom is 0.155 e. The summed E-state index contributed by atoms with van der Waals surface area (Å²) in [7, 11) is 1.68. The van der Waals surface area contributed by atoms with E-state index in [4.69, 9.17) is 9.72 Å². The zero-order chi connectivity index (χ0) is 17.2. The third-order valence-corrected chi connectivity index (χ3v) is 4.20. The van der Waals surface area contributed by atoms with Crippen LogP contribution < -0.4 is 4.74 Å². The molecule has 5 heteroatoms. The van der Waals surface area contributed by atoms with E-state index >= 15 is 0 Å². The van der Waals surface area contributed by atoms with E-state index in [1.165, 1.54) is 0 Å². The van der Waals surface area contributed by atoms with Gasteiger partial charge in [-0.2, -0.15) is 5.10 Å². The van der Waals surface area contributed by atoms with Crippen molar-refractivity contribution in [2.45, 2.75) is 51.2 Å². The third-order valence-electron chi connectivity index (χ3n) is 4.20. The van der Waals surface area contributed by atoms with Gasteiger partial charge < -0.3 is 9.84 Å². The van der Waals surface area contributed by atoms with Gasteiger partial charge in [0.05, 0.1) is 19.3 Å². The van der Waals surface area contributed by atoms with Gasteiger partial charge in [0.25, 0.3) is 0 Å². The monoisotopic (exact) mass is 327 g/mol. The van der Waals surface area contributed by atoms with Gasteiger partial charge in [-0.1, -0.05) is 30.4 Å². The van der Waals surface area contributed by atoms with E-state index in [2.05, 4.69) is 17.3 Å². The molecule has 3 rings (SSSR count). The Kier molecular flexibility index (Phi) is 4.71. The molecule has 5 nitrogen and oxygen atoms in total. The zero-order valence-corrected chi connectivity index (χ0v) is 14.6. The Morgan fingerprint density at radius 3 is 2.62 bits per heavy atom. The fourth-order valence-electron chi connectivity index (χ4n) is 3.11. The standard InChI is InChI=1S/C19H25N3O2/c1-19(2,23)13-22-18(14-8-4-5-9-14)20-17(21-22)12-15-10-6-7-11-16(15)24-3/h4-7,10-11,14,23H,8-9,12-13H2,1-3H3. The lowest BCUT2D eigenvalue weighted by Gasteiger charge is -2.19. The van der Waals surface area contributed by atoms with Crippen LogP contribution in [0.4, 0.5) is 0 Å². The summed E-state index contributed by atoms with van der Waals surface area (Å²) in [6.45, 7) is 4.04. The highest BCUT2D eigenvalue weighted by Crippen LogP contribution is 2.29. The fourth-order valence-corrected chi connectivity index (χ4v) is 3.11. The average molecular weight is 327 g/mol. The van der Waals surface area contributed by atoms with Crippen LogP contribution in [0.15, 0.2) is 36.4 Å². The van der Waals surface area contributed by atoms with Gasteiger partial charge in [-0.3, -0.25) is 0 Å². The van der Waals surface area contributed by atoms with Crippen LogP contribution in [0.2, 0.25) is 0 Å². The first-order valence-corrected chi connectivity index (χ1v) is 8.39. The summed E-state index contributed by atoms with van der Waals surface area (Å²) in [5.41, 5.74) is 0.243. The lowest BCUT2D eigenvalue weighted by atomic mass is 10.1. The molecule has 1 aliphatic carbocycles. The summed E-state index contributed by atoms with van der Waals surface area (Å²) >= 11 is 0. The number of hydrogen-bond acceptors (Lipinski definition) is 4. The highest BCUT2D eigenvalue weighted by atomic mass is 16.5. The van der Waals surface area contributed by atoms with Crippen molar-refractivity contribution in [3.8, 4) is 5.75 Å². The van der Waals surface area contributed by atoms with E-state index in [9.17, 15) is 5.11 Å². The molecule has 0 aliphatic heterocycles. The minimum atomic E-state index is -0.823. The van der Waals surface area contributed by atoms with Gasteiger partial charge in [-0.15, -0.1) is 0 Å². The van der Waals surface area contributed by atoms with E-state index in [-0.39, 0.29) is 0 Å². The topological polar surface area (TPSA) is 60.2 Å². The number of para-hydroxylation sites is 1. The molecule has 0 fully saturated rings. The van der Waals surface area contributed by atoms with Crippen LogP contribution >= 0.6 is 0 Å². The van der Waals surface area contributed by atoms with Gasteiger partial charge in [0.1, 0.15) is 11.6 Å². The number of aromatic nitrogens is 3. The average Bonchev–Trinajstić information content (AvgIpc) is 3.16. The first kappa shape index (κ1) is 16.7. The molecule has 0 unspecified atom stereocenters. The number of allylic oxidation sites excluding steroid dienone is 2. The van der Waals surface area contributed by atoms with Gasteiger partial charge in [-0.05, 0) is 32.8 Å². The van der Waals surface area contributed by atoms with Gasteiger partial charge in [0.15, 0.2) is 5.82 Å². The smallest absolute Gasteiger partial charge is 0.155 e. The molecule has 24 heavy (non-hydrogen) atoms. The Balaban J connectivity index is 1.89. The second kappa shape index (κ2) is 6.77. The van der Waals surface area contributed by atoms with Crippen LogP contribution in [0.25, 0.3) is 0 Å². The molecule has 1 aliphatic rings. The Bertz CT molecular complexity index is 720. The molecule has 0 spiro atoms. The van der Waals surface area contributed by atoms with Crippen molar-refractivity contribution in [2.24, 2.45) is 0 Å². The van der Waals surface area contributed by atoms with Gasteiger partial charge in [0, 0.05) is 17.9 Å². The van der Waals surface area contributed by atoms with Gasteiger partial charge in [0.2, 0.25) is 0 Å². The Morgan fingerprint density at radius 2 is 1.96 bits per heavy atom. The molecule has 2 aromatic rings. The zero-order valence-electron chi connectivity index (χ0n) is 14.6. The fraction of sp³-hybridized carbons (Fsp3) is 0.474. The van der Waals surface area contributed by atoms with E-state index in [1.807, 2.05) is 28.9 Å². The van der Waals surface area contributed by atoms with Crippen LogP contribution in [0, 0.1) is 0 Å². The number of benzene rings is 1. The molecule has 0 radical (unpaired) electrons. The Labute approximate surface area is 143 Å². The first-order chi connectivity index (χ1) is 11.5. The van der Waals surface area contributed by atoms with Crippen molar-refractivity contribution in [1.29, 1.82) is 0 Å². The van der Waals surface area contributed by atoms with E-state index in [1.54, 1.807) is 21.0 Å². The molecule has 0 amide bonds. The highest BCUT2D eigenvalue weighted by molar-refractivity contribution is 5.35. The summed E-state index contributed by atoms with van der Waals surface area (Å²) < 4.78 is 7.30. The van der Waals surface area contributed by atoms with Crippen LogP contribution in [0.5, 0.6) is 5.75 Å². The lowest BCUT2D eigenvalue weighted by molar-refractivity contribution is 0.0562. The normalized spacial score (nSPS) is 15.2. The second-order valence-electron chi connectivity index (χ2n) is 6.98. The minimum absolute atomic E-state index is 0.353. The molecule has 0 bridgehead atoms. The molecule has 1 N–H and O–H groups in total. The van der Waals surface area contributed by atoms with Crippen LogP contribution in [-0.4, -0.2) is 32.6 Å². The lowest BCUT2D eigenvalue weighted by Crippen LogP contribution is -2.28.